The number of rotatable bonds is 12. The number of hydrogen-bond donors (Lipinski definition) is 1. The number of hydrogen-bond acceptors (Lipinski definition) is 7. The summed E-state index contributed by atoms with van der Waals surface area (Å²) in [5.74, 6) is 1.19. The minimum Gasteiger partial charge on any atom is -0.355 e. The Balaban J connectivity index is 5.90. The van der Waals surface area contributed by atoms with Gasteiger partial charge in [-0.3, -0.25) is 9.13 Å². The molecular weight excluding hydrogens is 340 g/mol. The van der Waals surface area contributed by atoms with Crippen molar-refractivity contribution in [1.82, 2.24) is 5.32 Å². The third-order valence-electron chi connectivity index (χ3n) is 2.30. The molecule has 0 aromatic heterocycles. The highest BCUT2D eigenvalue weighted by atomic mass is 31.2. The van der Waals surface area contributed by atoms with Gasteiger partial charge in [-0.05, 0) is 47.7 Å². The van der Waals surface area contributed by atoms with E-state index in [2.05, 4.69) is 5.32 Å². The molecule has 9 heteroatoms. The maximum Gasteiger partial charge on any atom is 0.377 e. The van der Waals surface area contributed by atoms with E-state index in [0.29, 0.717) is 0 Å². The Bertz CT molecular complexity index is 479. The SMILES string of the molecule is CCOP(=O)(/C=C(\NC=C(C)C)P(=O)(OCC)OCC)OCC. The van der Waals surface area contributed by atoms with Crippen LogP contribution in [0.25, 0.3) is 0 Å². The van der Waals surface area contributed by atoms with E-state index in [1.807, 2.05) is 13.8 Å². The Morgan fingerprint density at radius 1 is 0.870 bits per heavy atom. The van der Waals surface area contributed by atoms with Crippen LogP contribution in [0.3, 0.4) is 0 Å². The predicted octanol–water partition coefficient (Wildman–Crippen LogP) is 4.83. The van der Waals surface area contributed by atoms with Gasteiger partial charge < -0.3 is 23.4 Å². The van der Waals surface area contributed by atoms with Crippen LogP contribution in [-0.4, -0.2) is 26.4 Å². The fourth-order valence-electron chi connectivity index (χ4n) is 1.54. The molecule has 7 nitrogen and oxygen atoms in total. The molecule has 0 saturated carbocycles. The van der Waals surface area contributed by atoms with Crippen LogP contribution in [-0.2, 0) is 27.2 Å². The highest BCUT2D eigenvalue weighted by Gasteiger charge is 2.34. The molecule has 0 amide bonds. The average Bonchev–Trinajstić information content (AvgIpc) is 2.44. The van der Waals surface area contributed by atoms with Gasteiger partial charge in [0.15, 0.2) is 0 Å². The first-order valence-corrected chi connectivity index (χ1v) is 10.8. The van der Waals surface area contributed by atoms with Gasteiger partial charge in [-0.15, -0.1) is 0 Å². The summed E-state index contributed by atoms with van der Waals surface area (Å²) in [4.78, 5) is 0. The topological polar surface area (TPSA) is 83.1 Å². The average molecular weight is 369 g/mol. The Kier molecular flexibility index (Phi) is 11.0. The van der Waals surface area contributed by atoms with E-state index in [-0.39, 0.29) is 31.9 Å². The molecule has 0 unspecified atom stereocenters. The number of allylic oxidation sites excluding steroid dienone is 1. The molecule has 0 saturated heterocycles. The van der Waals surface area contributed by atoms with Crippen molar-refractivity contribution in [1.29, 1.82) is 0 Å². The van der Waals surface area contributed by atoms with Crippen molar-refractivity contribution in [3.8, 4) is 0 Å². The Hall–Kier alpha value is -0.420. The molecule has 0 rings (SSSR count). The lowest BCUT2D eigenvalue weighted by Crippen LogP contribution is -2.11. The third kappa shape index (κ3) is 8.30. The summed E-state index contributed by atoms with van der Waals surface area (Å²) in [5.41, 5.74) is 0.978. The molecular formula is C14H29NO6P2. The first kappa shape index (κ1) is 22.6. The zero-order chi connectivity index (χ0) is 17.9. The molecule has 1 N–H and O–H groups in total. The summed E-state index contributed by atoms with van der Waals surface area (Å²) in [6.45, 7) is 11.3. The highest BCUT2D eigenvalue weighted by Crippen LogP contribution is 2.60. The number of nitrogens with one attached hydrogen (secondary N) is 1. The van der Waals surface area contributed by atoms with Crippen molar-refractivity contribution in [3.63, 3.8) is 0 Å². The van der Waals surface area contributed by atoms with Crippen molar-refractivity contribution < 1.29 is 27.2 Å². The maximum absolute atomic E-state index is 13.0. The smallest absolute Gasteiger partial charge is 0.355 e. The molecule has 0 aromatic rings. The summed E-state index contributed by atoms with van der Waals surface area (Å²) in [5, 5.41) is 2.86. The van der Waals surface area contributed by atoms with Gasteiger partial charge in [0.05, 0.1) is 32.2 Å². The lowest BCUT2D eigenvalue weighted by Gasteiger charge is -2.22. The normalized spacial score (nSPS) is 13.0. The van der Waals surface area contributed by atoms with Gasteiger partial charge in [-0.1, -0.05) is 5.57 Å². The molecule has 0 aromatic carbocycles. The second kappa shape index (κ2) is 11.2. The van der Waals surface area contributed by atoms with E-state index in [0.717, 1.165) is 5.57 Å². The summed E-state index contributed by atoms with van der Waals surface area (Å²) in [7, 11) is -7.22. The lowest BCUT2D eigenvalue weighted by molar-refractivity contribution is 0.221. The summed E-state index contributed by atoms with van der Waals surface area (Å²) >= 11 is 0. The fraction of sp³-hybridized carbons (Fsp3) is 0.714. The first-order chi connectivity index (χ1) is 10.8. The van der Waals surface area contributed by atoms with Crippen LogP contribution in [0.4, 0.5) is 0 Å². The molecule has 0 spiro atoms. The van der Waals surface area contributed by atoms with E-state index >= 15 is 0 Å². The largest absolute Gasteiger partial charge is 0.377 e. The fourth-order valence-corrected chi connectivity index (χ4v) is 5.11. The third-order valence-corrected chi connectivity index (χ3v) is 6.36. The summed E-state index contributed by atoms with van der Waals surface area (Å²) in [6, 6.07) is 0. The van der Waals surface area contributed by atoms with E-state index in [1.165, 1.54) is 5.82 Å². The van der Waals surface area contributed by atoms with Crippen molar-refractivity contribution >= 4 is 15.2 Å². The highest BCUT2D eigenvalue weighted by molar-refractivity contribution is 7.62. The van der Waals surface area contributed by atoms with E-state index in [1.54, 1.807) is 33.9 Å². The minimum atomic E-state index is -3.66. The molecule has 0 heterocycles. The predicted molar refractivity (Wildman–Crippen MR) is 92.4 cm³/mol. The van der Waals surface area contributed by atoms with Crippen LogP contribution in [0.1, 0.15) is 41.5 Å². The van der Waals surface area contributed by atoms with Crippen LogP contribution in [0.15, 0.2) is 23.0 Å². The standard InChI is InChI=1S/C14H29NO6P2/c1-7-18-22(16,19-8-2)12-14(15-11-13(5)6)23(17,20-9-3)21-10-4/h11-12,15H,7-10H2,1-6H3/b14-12+. The first-order valence-electron chi connectivity index (χ1n) is 7.68. The minimum absolute atomic E-state index is 0.0487. The quantitative estimate of drug-likeness (QED) is 0.493. The zero-order valence-electron chi connectivity index (χ0n) is 14.8. The van der Waals surface area contributed by atoms with Crippen LogP contribution >= 0.6 is 15.2 Å². The summed E-state index contributed by atoms with van der Waals surface area (Å²) < 4.78 is 46.7. The Labute approximate surface area is 139 Å². The maximum atomic E-state index is 13.0. The Morgan fingerprint density at radius 2 is 1.30 bits per heavy atom. The van der Waals surface area contributed by atoms with Crippen LogP contribution in [0.2, 0.25) is 0 Å². The van der Waals surface area contributed by atoms with Crippen molar-refractivity contribution in [2.45, 2.75) is 41.5 Å². The Morgan fingerprint density at radius 3 is 1.65 bits per heavy atom. The van der Waals surface area contributed by atoms with Gasteiger partial charge >= 0.3 is 15.2 Å². The van der Waals surface area contributed by atoms with E-state index in [4.69, 9.17) is 18.1 Å². The van der Waals surface area contributed by atoms with Crippen LogP contribution < -0.4 is 5.32 Å². The van der Waals surface area contributed by atoms with Gasteiger partial charge in [0.1, 0.15) is 5.44 Å². The second-order valence-corrected chi connectivity index (χ2v) is 8.44. The van der Waals surface area contributed by atoms with Gasteiger partial charge in [-0.2, -0.15) is 0 Å². The van der Waals surface area contributed by atoms with Gasteiger partial charge in [0, 0.05) is 0 Å². The van der Waals surface area contributed by atoms with Gasteiger partial charge in [-0.25, -0.2) is 0 Å². The van der Waals surface area contributed by atoms with Crippen molar-refractivity contribution in [3.05, 3.63) is 23.0 Å². The molecule has 0 aliphatic rings. The van der Waals surface area contributed by atoms with Gasteiger partial charge in [0.2, 0.25) is 0 Å². The van der Waals surface area contributed by atoms with E-state index < -0.39 is 15.2 Å². The molecule has 0 radical (unpaired) electrons. The van der Waals surface area contributed by atoms with Crippen molar-refractivity contribution in [2.75, 3.05) is 26.4 Å². The molecule has 136 valence electrons. The second-order valence-electron chi connectivity index (χ2n) is 4.59. The van der Waals surface area contributed by atoms with E-state index in [9.17, 15) is 9.13 Å². The zero-order valence-corrected chi connectivity index (χ0v) is 16.6. The van der Waals surface area contributed by atoms with Crippen molar-refractivity contribution in [2.24, 2.45) is 0 Å². The monoisotopic (exact) mass is 369 g/mol. The molecule has 0 aliphatic heterocycles. The van der Waals surface area contributed by atoms with Crippen LogP contribution in [0, 0.1) is 0 Å². The van der Waals surface area contributed by atoms with Crippen LogP contribution in [0.5, 0.6) is 0 Å². The molecule has 0 fully saturated rings. The summed E-state index contributed by atoms with van der Waals surface area (Å²) in [6.07, 6.45) is 1.62. The van der Waals surface area contributed by atoms with Gasteiger partial charge in [0.25, 0.3) is 0 Å². The molecule has 0 bridgehead atoms. The molecule has 0 aliphatic carbocycles. The lowest BCUT2D eigenvalue weighted by atomic mass is 10.4. The molecule has 23 heavy (non-hydrogen) atoms. The molecule has 0 atom stereocenters.